The standard InChI is InChI=1S/C29H29ClF2N2O4/c1-15(35)14-37-20-11-10-18(28(33)36)24(27(20)32)25-23-16(2)29(22-9-6-12-34-22,17-7-4-3-5-8-17)38-21(23)13-19(31)26(25)30/h3-5,7-8,10-11,13,15-16,22,34-35H,6,9,12,14H2,1-2H3,(H2,33,36)/t15-,16-,22?,29-/m0/s1. The van der Waals surface area contributed by atoms with E-state index < -0.39 is 35.2 Å². The Kier molecular flexibility index (Phi) is 7.07. The van der Waals surface area contributed by atoms with E-state index in [4.69, 9.17) is 26.8 Å². The van der Waals surface area contributed by atoms with E-state index in [9.17, 15) is 9.90 Å². The van der Waals surface area contributed by atoms with Gasteiger partial charge in [0.25, 0.3) is 0 Å². The lowest BCUT2D eigenvalue weighted by Gasteiger charge is -2.39. The summed E-state index contributed by atoms with van der Waals surface area (Å²) < 4.78 is 43.6. The van der Waals surface area contributed by atoms with Crippen LogP contribution in [0, 0.1) is 11.6 Å². The van der Waals surface area contributed by atoms with E-state index in [1.807, 2.05) is 37.3 Å². The summed E-state index contributed by atoms with van der Waals surface area (Å²) >= 11 is 6.56. The summed E-state index contributed by atoms with van der Waals surface area (Å²) in [5.41, 5.74) is 5.62. The number of halogens is 3. The van der Waals surface area contributed by atoms with Crippen LogP contribution in [0.5, 0.6) is 11.5 Å². The van der Waals surface area contributed by atoms with Crippen LogP contribution in [0.15, 0.2) is 48.5 Å². The SMILES string of the molecule is C[C@H](O)COc1ccc(C(N)=O)c(-c2c(Cl)c(F)cc3c2[C@H](C)[C@](c2ccccc2)(C2CCCN2)O3)c1F. The van der Waals surface area contributed by atoms with Gasteiger partial charge in [0.2, 0.25) is 5.91 Å². The number of carbonyl (C=O) groups excluding carboxylic acids is 1. The number of aliphatic hydroxyl groups is 1. The molecule has 1 amide bonds. The van der Waals surface area contributed by atoms with Gasteiger partial charge in [0, 0.05) is 28.7 Å². The molecule has 4 atom stereocenters. The number of hydrogen-bond donors (Lipinski definition) is 3. The first-order chi connectivity index (χ1) is 18.2. The van der Waals surface area contributed by atoms with Gasteiger partial charge in [-0.25, -0.2) is 8.78 Å². The van der Waals surface area contributed by atoms with Gasteiger partial charge in [0.15, 0.2) is 17.2 Å². The Bertz CT molecular complexity index is 1380. The van der Waals surface area contributed by atoms with Crippen molar-refractivity contribution in [1.29, 1.82) is 0 Å². The number of amides is 1. The summed E-state index contributed by atoms with van der Waals surface area (Å²) in [4.78, 5) is 12.5. The third-order valence-electron chi connectivity index (χ3n) is 7.48. The number of fused-ring (bicyclic) bond motifs is 1. The van der Waals surface area contributed by atoms with Gasteiger partial charge in [-0.2, -0.15) is 0 Å². The van der Waals surface area contributed by atoms with Crippen LogP contribution < -0.4 is 20.5 Å². The van der Waals surface area contributed by atoms with Crippen LogP contribution in [-0.2, 0) is 5.60 Å². The number of hydrogen-bond acceptors (Lipinski definition) is 5. The molecule has 3 aromatic carbocycles. The Balaban J connectivity index is 1.77. The summed E-state index contributed by atoms with van der Waals surface area (Å²) in [6.45, 7) is 4.04. The van der Waals surface area contributed by atoms with Crippen molar-refractivity contribution in [2.24, 2.45) is 5.73 Å². The molecule has 2 heterocycles. The first-order valence-corrected chi connectivity index (χ1v) is 13.0. The zero-order valence-corrected chi connectivity index (χ0v) is 21.8. The molecule has 0 spiro atoms. The van der Waals surface area contributed by atoms with Crippen molar-refractivity contribution in [1.82, 2.24) is 5.32 Å². The maximum Gasteiger partial charge on any atom is 0.249 e. The molecule has 38 heavy (non-hydrogen) atoms. The molecule has 1 fully saturated rings. The van der Waals surface area contributed by atoms with Gasteiger partial charge < -0.3 is 25.6 Å². The number of benzene rings is 3. The van der Waals surface area contributed by atoms with Crippen molar-refractivity contribution in [2.45, 2.75) is 50.4 Å². The largest absolute Gasteiger partial charge is 0.488 e. The third-order valence-corrected chi connectivity index (χ3v) is 7.85. The molecule has 6 nitrogen and oxygen atoms in total. The number of ether oxygens (including phenoxy) is 2. The molecule has 0 radical (unpaired) electrons. The first kappa shape index (κ1) is 26.4. The fourth-order valence-corrected chi connectivity index (χ4v) is 6.07. The number of rotatable bonds is 7. The van der Waals surface area contributed by atoms with Crippen LogP contribution in [0.1, 0.15) is 54.1 Å². The number of carbonyl (C=O) groups is 1. The lowest BCUT2D eigenvalue weighted by atomic mass is 9.73. The van der Waals surface area contributed by atoms with Gasteiger partial charge >= 0.3 is 0 Å². The van der Waals surface area contributed by atoms with E-state index >= 15 is 8.78 Å². The first-order valence-electron chi connectivity index (χ1n) is 12.6. The van der Waals surface area contributed by atoms with Crippen molar-refractivity contribution < 1.29 is 28.2 Å². The van der Waals surface area contributed by atoms with Gasteiger partial charge in [-0.3, -0.25) is 4.79 Å². The Hall–Kier alpha value is -3.20. The van der Waals surface area contributed by atoms with Crippen molar-refractivity contribution >= 4 is 17.5 Å². The van der Waals surface area contributed by atoms with Gasteiger partial charge in [0.1, 0.15) is 18.2 Å². The van der Waals surface area contributed by atoms with Crippen LogP contribution in [0.2, 0.25) is 5.02 Å². The predicted molar refractivity (Wildman–Crippen MR) is 141 cm³/mol. The second-order valence-electron chi connectivity index (χ2n) is 9.92. The monoisotopic (exact) mass is 542 g/mol. The molecule has 3 aromatic rings. The van der Waals surface area contributed by atoms with Gasteiger partial charge in [-0.05, 0) is 44.0 Å². The number of aliphatic hydroxyl groups excluding tert-OH is 1. The molecule has 1 unspecified atom stereocenters. The molecule has 2 aliphatic rings. The van der Waals surface area contributed by atoms with E-state index in [1.54, 1.807) is 0 Å². The summed E-state index contributed by atoms with van der Waals surface area (Å²) in [6, 6.07) is 13.3. The molecular formula is C29H29ClF2N2O4. The minimum Gasteiger partial charge on any atom is -0.488 e. The van der Waals surface area contributed by atoms with E-state index in [0.717, 1.165) is 24.9 Å². The minimum atomic E-state index is -0.935. The summed E-state index contributed by atoms with van der Waals surface area (Å²) in [5, 5.41) is 12.8. The predicted octanol–water partition coefficient (Wildman–Crippen LogP) is 5.29. The molecule has 200 valence electrons. The fourth-order valence-electron chi connectivity index (χ4n) is 5.82. The Morgan fingerprint density at radius 1 is 1.26 bits per heavy atom. The minimum absolute atomic E-state index is 0.00114. The lowest BCUT2D eigenvalue weighted by molar-refractivity contribution is 0.0333. The highest BCUT2D eigenvalue weighted by Gasteiger charge is 2.55. The highest BCUT2D eigenvalue weighted by atomic mass is 35.5. The Morgan fingerprint density at radius 3 is 2.63 bits per heavy atom. The Labute approximate surface area is 224 Å². The summed E-state index contributed by atoms with van der Waals surface area (Å²) in [5.74, 6) is -3.09. The molecule has 0 bridgehead atoms. The van der Waals surface area contributed by atoms with Crippen LogP contribution >= 0.6 is 11.6 Å². The number of nitrogens with one attached hydrogen (secondary N) is 1. The molecule has 2 aliphatic heterocycles. The number of primary amides is 1. The van der Waals surface area contributed by atoms with Crippen LogP contribution in [0.25, 0.3) is 11.1 Å². The van der Waals surface area contributed by atoms with Gasteiger partial charge in [-0.1, -0.05) is 48.9 Å². The quantitative estimate of drug-likeness (QED) is 0.377. The average Bonchev–Trinajstić information content (AvgIpc) is 3.52. The van der Waals surface area contributed by atoms with Crippen LogP contribution in [0.4, 0.5) is 8.78 Å². The van der Waals surface area contributed by atoms with E-state index in [-0.39, 0.29) is 45.9 Å². The lowest BCUT2D eigenvalue weighted by Crippen LogP contribution is -2.50. The topological polar surface area (TPSA) is 93.8 Å². The molecule has 9 heteroatoms. The molecular weight excluding hydrogens is 514 g/mol. The molecule has 5 rings (SSSR count). The second-order valence-corrected chi connectivity index (χ2v) is 10.3. The Morgan fingerprint density at radius 2 is 2.00 bits per heavy atom. The smallest absolute Gasteiger partial charge is 0.249 e. The fraction of sp³-hybridized carbons (Fsp3) is 0.345. The average molecular weight is 543 g/mol. The summed E-state index contributed by atoms with van der Waals surface area (Å²) in [7, 11) is 0. The molecule has 0 saturated carbocycles. The van der Waals surface area contributed by atoms with Crippen LogP contribution in [0.3, 0.4) is 0 Å². The highest BCUT2D eigenvalue weighted by Crippen LogP contribution is 2.58. The molecule has 4 N–H and O–H groups in total. The van der Waals surface area contributed by atoms with Gasteiger partial charge in [-0.15, -0.1) is 0 Å². The van der Waals surface area contributed by atoms with E-state index in [2.05, 4.69) is 5.32 Å². The second kappa shape index (κ2) is 10.2. The normalized spacial score (nSPS) is 23.1. The van der Waals surface area contributed by atoms with Crippen molar-refractivity contribution in [2.75, 3.05) is 13.2 Å². The van der Waals surface area contributed by atoms with Crippen molar-refractivity contribution in [3.05, 3.63) is 81.9 Å². The highest BCUT2D eigenvalue weighted by molar-refractivity contribution is 6.34. The van der Waals surface area contributed by atoms with E-state index in [0.29, 0.717) is 5.56 Å². The van der Waals surface area contributed by atoms with Crippen LogP contribution in [-0.4, -0.2) is 36.3 Å². The summed E-state index contributed by atoms with van der Waals surface area (Å²) in [6.07, 6.45) is 0.897. The van der Waals surface area contributed by atoms with Crippen molar-refractivity contribution in [3.8, 4) is 22.6 Å². The third kappa shape index (κ3) is 4.21. The van der Waals surface area contributed by atoms with E-state index in [1.165, 1.54) is 25.1 Å². The van der Waals surface area contributed by atoms with Gasteiger partial charge in [0.05, 0.1) is 22.7 Å². The van der Waals surface area contributed by atoms with Crippen molar-refractivity contribution in [3.63, 3.8) is 0 Å². The maximum absolute atomic E-state index is 16.1. The molecule has 0 aromatic heterocycles. The zero-order valence-electron chi connectivity index (χ0n) is 21.1. The number of nitrogens with two attached hydrogens (primary N) is 1. The zero-order chi connectivity index (χ0) is 27.2. The molecule has 0 aliphatic carbocycles. The molecule has 1 saturated heterocycles. The maximum atomic E-state index is 16.1.